The molecule has 134 valence electrons. The number of alkyl halides is 3. The van der Waals surface area contributed by atoms with E-state index in [1.807, 2.05) is 13.8 Å². The Hall–Kier alpha value is -1.31. The molecule has 2 atom stereocenters. The van der Waals surface area contributed by atoms with Crippen LogP contribution in [0.2, 0.25) is 5.02 Å². The molecule has 8 heteroatoms. The van der Waals surface area contributed by atoms with E-state index in [0.717, 1.165) is 25.2 Å². The molecule has 1 fully saturated rings. The van der Waals surface area contributed by atoms with Gasteiger partial charge < -0.3 is 10.1 Å². The van der Waals surface area contributed by atoms with Gasteiger partial charge in [0.1, 0.15) is 0 Å². The highest BCUT2D eigenvalue weighted by Crippen LogP contribution is 2.36. The Bertz CT molecular complexity index is 585. The lowest BCUT2D eigenvalue weighted by atomic mass is 10.2. The molecule has 0 radical (unpaired) electrons. The minimum atomic E-state index is -4.56. The zero-order chi connectivity index (χ0) is 17.9. The smallest absolute Gasteiger partial charge is 0.373 e. The van der Waals surface area contributed by atoms with Crippen molar-refractivity contribution in [1.82, 2.24) is 4.90 Å². The van der Waals surface area contributed by atoms with Gasteiger partial charge in [0, 0.05) is 31.7 Å². The predicted molar refractivity (Wildman–Crippen MR) is 86.1 cm³/mol. The molecule has 0 saturated carbocycles. The van der Waals surface area contributed by atoms with Crippen LogP contribution in [0.15, 0.2) is 18.2 Å². The number of hydrogen-bond acceptors (Lipinski definition) is 3. The molecule has 1 aromatic rings. The number of nitrogens with zero attached hydrogens (tertiary/aromatic N) is 1. The molecule has 1 amide bonds. The van der Waals surface area contributed by atoms with Gasteiger partial charge >= 0.3 is 6.18 Å². The van der Waals surface area contributed by atoms with Gasteiger partial charge in [0.15, 0.2) is 0 Å². The first-order valence-electron chi connectivity index (χ1n) is 7.69. The average Bonchev–Trinajstić information content (AvgIpc) is 2.45. The molecular weight excluding hydrogens is 345 g/mol. The van der Waals surface area contributed by atoms with Crippen molar-refractivity contribution in [2.75, 3.05) is 25.0 Å². The summed E-state index contributed by atoms with van der Waals surface area (Å²) in [5.74, 6) is -0.336. The summed E-state index contributed by atoms with van der Waals surface area (Å²) in [7, 11) is 0. The number of carbonyl (C=O) groups is 1. The number of hydrogen-bond donors (Lipinski definition) is 1. The minimum absolute atomic E-state index is 0.0837. The van der Waals surface area contributed by atoms with Crippen LogP contribution in [-0.2, 0) is 15.7 Å². The van der Waals surface area contributed by atoms with Crippen molar-refractivity contribution in [3.8, 4) is 0 Å². The van der Waals surface area contributed by atoms with Crippen molar-refractivity contribution in [2.45, 2.75) is 38.7 Å². The summed E-state index contributed by atoms with van der Waals surface area (Å²) < 4.78 is 44.1. The molecule has 0 aromatic heterocycles. The van der Waals surface area contributed by atoms with Crippen molar-refractivity contribution in [3.05, 3.63) is 28.8 Å². The Balaban J connectivity index is 1.91. The van der Waals surface area contributed by atoms with Crippen LogP contribution in [0.5, 0.6) is 0 Å². The van der Waals surface area contributed by atoms with Crippen LogP contribution in [0.4, 0.5) is 18.9 Å². The van der Waals surface area contributed by atoms with Gasteiger partial charge in [0.25, 0.3) is 0 Å². The van der Waals surface area contributed by atoms with E-state index in [-0.39, 0.29) is 30.2 Å². The molecule has 4 nitrogen and oxygen atoms in total. The highest BCUT2D eigenvalue weighted by molar-refractivity contribution is 6.31. The quantitative estimate of drug-likeness (QED) is 0.883. The minimum Gasteiger partial charge on any atom is -0.373 e. The number of anilines is 1. The number of halogens is 4. The number of morpholine rings is 1. The van der Waals surface area contributed by atoms with Crippen LogP contribution < -0.4 is 5.32 Å². The van der Waals surface area contributed by atoms with E-state index in [1.54, 1.807) is 0 Å². The van der Waals surface area contributed by atoms with Gasteiger partial charge in [-0.1, -0.05) is 11.6 Å². The Morgan fingerprint density at radius 1 is 1.33 bits per heavy atom. The van der Waals surface area contributed by atoms with E-state index in [0.29, 0.717) is 6.54 Å². The fourth-order valence-corrected chi connectivity index (χ4v) is 3.00. The van der Waals surface area contributed by atoms with E-state index in [2.05, 4.69) is 10.2 Å². The third-order valence-electron chi connectivity index (χ3n) is 3.71. The highest BCUT2D eigenvalue weighted by atomic mass is 35.5. The summed E-state index contributed by atoms with van der Waals surface area (Å²) in [5, 5.41) is 2.10. The number of rotatable bonds is 4. The molecule has 24 heavy (non-hydrogen) atoms. The van der Waals surface area contributed by atoms with Crippen molar-refractivity contribution in [2.24, 2.45) is 0 Å². The number of ether oxygens (including phenoxy) is 1. The van der Waals surface area contributed by atoms with Crippen molar-refractivity contribution in [3.63, 3.8) is 0 Å². The summed E-state index contributed by atoms with van der Waals surface area (Å²) in [5.41, 5.74) is -0.877. The fourth-order valence-electron chi connectivity index (χ4n) is 2.77. The van der Waals surface area contributed by atoms with Gasteiger partial charge in [0.2, 0.25) is 5.91 Å². The number of carbonyl (C=O) groups excluding carboxylic acids is 1. The van der Waals surface area contributed by atoms with Crippen LogP contribution >= 0.6 is 11.6 Å². The Morgan fingerprint density at radius 3 is 2.54 bits per heavy atom. The second-order valence-electron chi connectivity index (χ2n) is 6.01. The normalized spacial score (nSPS) is 22.4. The summed E-state index contributed by atoms with van der Waals surface area (Å²) in [4.78, 5) is 14.1. The average molecular weight is 365 g/mol. The van der Waals surface area contributed by atoms with Gasteiger partial charge in [-0.15, -0.1) is 0 Å². The third-order valence-corrected chi connectivity index (χ3v) is 4.04. The van der Waals surface area contributed by atoms with Crippen LogP contribution in [0.1, 0.15) is 25.8 Å². The molecule has 1 N–H and O–H groups in total. The predicted octanol–water partition coefficient (Wildman–Crippen LogP) is 3.80. The summed E-state index contributed by atoms with van der Waals surface area (Å²) in [6, 6.07) is 3.33. The van der Waals surface area contributed by atoms with E-state index >= 15 is 0 Å². The highest BCUT2D eigenvalue weighted by Gasteiger charge is 2.33. The maximum Gasteiger partial charge on any atom is 0.417 e. The first kappa shape index (κ1) is 19.0. The van der Waals surface area contributed by atoms with E-state index in [9.17, 15) is 18.0 Å². The SMILES string of the molecule is C[C@H]1CN(CCC(=O)Nc2ccc(Cl)c(C(F)(F)F)c2)C[C@H](C)O1. The summed E-state index contributed by atoms with van der Waals surface area (Å²) >= 11 is 5.56. The van der Waals surface area contributed by atoms with Gasteiger partial charge in [0.05, 0.1) is 22.8 Å². The monoisotopic (exact) mass is 364 g/mol. The zero-order valence-electron chi connectivity index (χ0n) is 13.5. The molecule has 0 spiro atoms. The zero-order valence-corrected chi connectivity index (χ0v) is 14.2. The Kier molecular flexibility index (Phi) is 6.11. The lowest BCUT2D eigenvalue weighted by molar-refractivity contribution is -0.137. The largest absolute Gasteiger partial charge is 0.417 e. The van der Waals surface area contributed by atoms with Gasteiger partial charge in [-0.05, 0) is 32.0 Å². The third kappa shape index (κ3) is 5.36. The van der Waals surface area contributed by atoms with Gasteiger partial charge in [-0.25, -0.2) is 0 Å². The topological polar surface area (TPSA) is 41.6 Å². The molecule has 2 rings (SSSR count). The van der Waals surface area contributed by atoms with Gasteiger partial charge in [-0.2, -0.15) is 13.2 Å². The maximum atomic E-state index is 12.8. The number of benzene rings is 1. The van der Waals surface area contributed by atoms with Crippen molar-refractivity contribution < 1.29 is 22.7 Å². The van der Waals surface area contributed by atoms with Gasteiger partial charge in [-0.3, -0.25) is 9.69 Å². The van der Waals surface area contributed by atoms with Crippen LogP contribution in [-0.4, -0.2) is 42.6 Å². The Labute approximate surface area is 143 Å². The first-order chi connectivity index (χ1) is 11.1. The molecular formula is C16H20ClF3N2O2. The van der Waals surface area contributed by atoms with Crippen LogP contribution in [0.3, 0.4) is 0 Å². The Morgan fingerprint density at radius 2 is 1.96 bits per heavy atom. The summed E-state index contributed by atoms with van der Waals surface area (Å²) in [6.45, 7) is 5.93. The maximum absolute atomic E-state index is 12.8. The van der Waals surface area contributed by atoms with Crippen LogP contribution in [0.25, 0.3) is 0 Å². The molecule has 1 saturated heterocycles. The fraction of sp³-hybridized carbons (Fsp3) is 0.562. The molecule has 1 heterocycles. The van der Waals surface area contributed by atoms with E-state index < -0.39 is 16.8 Å². The van der Waals surface area contributed by atoms with Crippen molar-refractivity contribution >= 4 is 23.2 Å². The second kappa shape index (κ2) is 7.72. The molecule has 0 bridgehead atoms. The lowest BCUT2D eigenvalue weighted by Gasteiger charge is -2.35. The molecule has 1 aliphatic heterocycles. The molecule has 0 aliphatic carbocycles. The lowest BCUT2D eigenvalue weighted by Crippen LogP contribution is -2.46. The van der Waals surface area contributed by atoms with E-state index in [4.69, 9.17) is 16.3 Å². The summed E-state index contributed by atoms with van der Waals surface area (Å²) in [6.07, 6.45) is -4.16. The number of nitrogens with one attached hydrogen (secondary N) is 1. The van der Waals surface area contributed by atoms with Crippen molar-refractivity contribution in [1.29, 1.82) is 0 Å². The first-order valence-corrected chi connectivity index (χ1v) is 8.07. The second-order valence-corrected chi connectivity index (χ2v) is 6.41. The standard InChI is InChI=1S/C16H20ClF3N2O2/c1-10-8-22(9-11(2)24-10)6-5-15(23)21-12-3-4-14(17)13(7-12)16(18,19)20/h3-4,7,10-11H,5-6,8-9H2,1-2H3,(H,21,23)/t10-,11-/m0/s1. The molecule has 0 unspecified atom stereocenters. The van der Waals surface area contributed by atoms with Crippen LogP contribution in [0, 0.1) is 0 Å². The number of amides is 1. The van der Waals surface area contributed by atoms with E-state index in [1.165, 1.54) is 6.07 Å². The molecule has 1 aliphatic rings. The molecule has 1 aromatic carbocycles.